The van der Waals surface area contributed by atoms with Crippen LogP contribution in [0.2, 0.25) is 0 Å². The van der Waals surface area contributed by atoms with Gasteiger partial charge in [-0.1, -0.05) is 24.6 Å². The second-order valence-corrected chi connectivity index (χ2v) is 8.59. The minimum absolute atomic E-state index is 0.350. The van der Waals surface area contributed by atoms with Gasteiger partial charge in [0, 0.05) is 25.2 Å². The number of rotatable bonds is 7. The molecule has 0 saturated carbocycles. The second kappa shape index (κ2) is 9.20. The molecule has 1 aromatic rings. The van der Waals surface area contributed by atoms with Crippen LogP contribution >= 0.6 is 0 Å². The van der Waals surface area contributed by atoms with E-state index >= 15 is 0 Å². The highest BCUT2D eigenvalue weighted by molar-refractivity contribution is 5.33. The molecule has 4 heteroatoms. The van der Waals surface area contributed by atoms with Gasteiger partial charge in [-0.25, -0.2) is 0 Å². The molecule has 2 heterocycles. The van der Waals surface area contributed by atoms with Gasteiger partial charge >= 0.3 is 0 Å². The lowest BCUT2D eigenvalue weighted by molar-refractivity contribution is -0.0199. The van der Waals surface area contributed by atoms with Gasteiger partial charge in [0.25, 0.3) is 0 Å². The molecule has 4 nitrogen and oxygen atoms in total. The van der Waals surface area contributed by atoms with Crippen LogP contribution in [0.25, 0.3) is 0 Å². The zero-order chi connectivity index (χ0) is 18.4. The van der Waals surface area contributed by atoms with Gasteiger partial charge < -0.3 is 9.84 Å². The minimum atomic E-state index is -0.594. The molecule has 2 saturated heterocycles. The lowest BCUT2D eigenvalue weighted by atomic mass is 9.84. The van der Waals surface area contributed by atoms with Crippen LogP contribution in [0.1, 0.15) is 51.5 Å². The Morgan fingerprint density at radius 3 is 2.54 bits per heavy atom. The van der Waals surface area contributed by atoms with Crippen molar-refractivity contribution in [2.45, 2.75) is 58.1 Å². The topological polar surface area (TPSA) is 35.9 Å². The molecule has 1 aromatic carbocycles. The first kappa shape index (κ1) is 19.7. The van der Waals surface area contributed by atoms with Crippen molar-refractivity contribution in [1.29, 1.82) is 0 Å². The fraction of sp³-hybridized carbons (Fsp3) is 0.727. The predicted octanol–water partition coefficient (Wildman–Crippen LogP) is 3.53. The third kappa shape index (κ3) is 5.70. The molecule has 0 bridgehead atoms. The van der Waals surface area contributed by atoms with Crippen molar-refractivity contribution in [2.24, 2.45) is 5.92 Å². The third-order valence-corrected chi connectivity index (χ3v) is 5.98. The molecule has 26 heavy (non-hydrogen) atoms. The standard InChI is InChI=1S/C22H36N2O2/c1-22(2,25)20-10-8-14-24(18-20)17-19-9-4-5-11-21(19)26-16-15-23-12-6-3-7-13-23/h4-5,9,11,20,25H,3,6-8,10,12-18H2,1-2H3/t20-/m1/s1. The summed E-state index contributed by atoms with van der Waals surface area (Å²) in [5.41, 5.74) is 0.672. The molecule has 1 N–H and O–H groups in total. The van der Waals surface area contributed by atoms with E-state index in [2.05, 4.69) is 34.1 Å². The van der Waals surface area contributed by atoms with Gasteiger partial charge in [-0.15, -0.1) is 0 Å². The molecule has 2 aliphatic heterocycles. The van der Waals surface area contributed by atoms with Crippen molar-refractivity contribution in [1.82, 2.24) is 9.80 Å². The molecule has 0 unspecified atom stereocenters. The Morgan fingerprint density at radius 1 is 1.04 bits per heavy atom. The Hall–Kier alpha value is -1.10. The average molecular weight is 361 g/mol. The summed E-state index contributed by atoms with van der Waals surface area (Å²) in [5, 5.41) is 10.4. The molecular weight excluding hydrogens is 324 g/mol. The van der Waals surface area contributed by atoms with Crippen molar-refractivity contribution in [3.05, 3.63) is 29.8 Å². The van der Waals surface area contributed by atoms with Gasteiger partial charge in [-0.05, 0) is 71.1 Å². The van der Waals surface area contributed by atoms with Gasteiger partial charge in [-0.3, -0.25) is 9.80 Å². The monoisotopic (exact) mass is 360 g/mol. The molecule has 0 spiro atoms. The summed E-state index contributed by atoms with van der Waals surface area (Å²) in [6.07, 6.45) is 6.31. The zero-order valence-corrected chi connectivity index (χ0v) is 16.6. The maximum atomic E-state index is 10.4. The van der Waals surface area contributed by atoms with E-state index in [1.807, 2.05) is 13.8 Å². The Morgan fingerprint density at radius 2 is 1.77 bits per heavy atom. The van der Waals surface area contributed by atoms with Gasteiger partial charge in [0.1, 0.15) is 12.4 Å². The second-order valence-electron chi connectivity index (χ2n) is 8.59. The van der Waals surface area contributed by atoms with Crippen LogP contribution in [0.4, 0.5) is 0 Å². The van der Waals surface area contributed by atoms with Crippen LogP contribution in [0.5, 0.6) is 5.75 Å². The van der Waals surface area contributed by atoms with Gasteiger partial charge in [-0.2, -0.15) is 0 Å². The lowest BCUT2D eigenvalue weighted by Gasteiger charge is -2.38. The molecule has 2 fully saturated rings. The molecule has 146 valence electrons. The van der Waals surface area contributed by atoms with E-state index in [1.165, 1.54) is 37.9 Å². The highest BCUT2D eigenvalue weighted by atomic mass is 16.5. The highest BCUT2D eigenvalue weighted by Crippen LogP contribution is 2.29. The largest absolute Gasteiger partial charge is 0.492 e. The Labute approximate surface area is 159 Å². The van der Waals surface area contributed by atoms with Crippen molar-refractivity contribution in [3.63, 3.8) is 0 Å². The molecule has 0 amide bonds. The van der Waals surface area contributed by atoms with E-state index in [0.717, 1.165) is 51.4 Å². The molecule has 3 rings (SSSR count). The summed E-state index contributed by atoms with van der Waals surface area (Å²) in [5.74, 6) is 1.37. The molecule has 2 aliphatic rings. The summed E-state index contributed by atoms with van der Waals surface area (Å²) in [4.78, 5) is 4.99. The van der Waals surface area contributed by atoms with Crippen molar-refractivity contribution < 1.29 is 9.84 Å². The maximum absolute atomic E-state index is 10.4. The minimum Gasteiger partial charge on any atom is -0.492 e. The summed E-state index contributed by atoms with van der Waals surface area (Å²) in [6.45, 7) is 11.1. The van der Waals surface area contributed by atoms with Crippen LogP contribution in [-0.2, 0) is 6.54 Å². The van der Waals surface area contributed by atoms with E-state index in [4.69, 9.17) is 4.74 Å². The van der Waals surface area contributed by atoms with Crippen LogP contribution in [-0.4, -0.2) is 59.8 Å². The number of likely N-dealkylation sites (tertiary alicyclic amines) is 2. The van der Waals surface area contributed by atoms with E-state index < -0.39 is 5.60 Å². The van der Waals surface area contributed by atoms with Gasteiger partial charge in [0.2, 0.25) is 0 Å². The van der Waals surface area contributed by atoms with Crippen LogP contribution < -0.4 is 4.74 Å². The molecule has 0 radical (unpaired) electrons. The fourth-order valence-electron chi connectivity index (χ4n) is 4.26. The summed E-state index contributed by atoms with van der Waals surface area (Å²) >= 11 is 0. The number of nitrogens with zero attached hydrogens (tertiary/aromatic N) is 2. The predicted molar refractivity (Wildman–Crippen MR) is 107 cm³/mol. The number of ether oxygens (including phenoxy) is 1. The first-order chi connectivity index (χ1) is 12.5. The maximum Gasteiger partial charge on any atom is 0.123 e. The average Bonchev–Trinajstić information content (AvgIpc) is 2.64. The number of aliphatic hydroxyl groups is 1. The summed E-state index contributed by atoms with van der Waals surface area (Å²) in [6, 6.07) is 8.45. The number of piperidine rings is 2. The Balaban J connectivity index is 1.53. The Kier molecular flexibility index (Phi) is 6.96. The van der Waals surface area contributed by atoms with E-state index in [-0.39, 0.29) is 0 Å². The smallest absolute Gasteiger partial charge is 0.123 e. The number of hydrogen-bond donors (Lipinski definition) is 1. The molecule has 0 aliphatic carbocycles. The van der Waals surface area contributed by atoms with Crippen LogP contribution in [0.3, 0.4) is 0 Å². The lowest BCUT2D eigenvalue weighted by Crippen LogP contribution is -2.44. The van der Waals surface area contributed by atoms with E-state index in [1.54, 1.807) is 0 Å². The molecule has 1 atom stereocenters. The Bertz CT molecular complexity index is 549. The van der Waals surface area contributed by atoms with Crippen molar-refractivity contribution in [3.8, 4) is 5.75 Å². The van der Waals surface area contributed by atoms with Crippen molar-refractivity contribution in [2.75, 3.05) is 39.3 Å². The quantitative estimate of drug-likeness (QED) is 0.807. The SMILES string of the molecule is CC(C)(O)[C@@H]1CCCN(Cc2ccccc2OCCN2CCCCC2)C1. The van der Waals surface area contributed by atoms with E-state index in [0.29, 0.717) is 5.92 Å². The first-order valence-corrected chi connectivity index (χ1v) is 10.4. The summed E-state index contributed by atoms with van der Waals surface area (Å²) in [7, 11) is 0. The van der Waals surface area contributed by atoms with Gasteiger partial charge in [0.05, 0.1) is 5.60 Å². The van der Waals surface area contributed by atoms with E-state index in [9.17, 15) is 5.11 Å². The van der Waals surface area contributed by atoms with Crippen molar-refractivity contribution >= 4 is 0 Å². The molecular formula is C22H36N2O2. The first-order valence-electron chi connectivity index (χ1n) is 10.4. The normalized spacial score (nSPS) is 23.1. The van der Waals surface area contributed by atoms with Gasteiger partial charge in [0.15, 0.2) is 0 Å². The fourth-order valence-corrected chi connectivity index (χ4v) is 4.26. The van der Waals surface area contributed by atoms with Crippen LogP contribution in [0, 0.1) is 5.92 Å². The highest BCUT2D eigenvalue weighted by Gasteiger charge is 2.31. The van der Waals surface area contributed by atoms with Crippen LogP contribution in [0.15, 0.2) is 24.3 Å². The number of para-hydroxylation sites is 1. The number of benzene rings is 1. The summed E-state index contributed by atoms with van der Waals surface area (Å²) < 4.78 is 6.16. The third-order valence-electron chi connectivity index (χ3n) is 5.98. The number of hydrogen-bond acceptors (Lipinski definition) is 4. The molecule has 0 aromatic heterocycles. The zero-order valence-electron chi connectivity index (χ0n) is 16.6.